The summed E-state index contributed by atoms with van der Waals surface area (Å²) in [4.78, 5) is 39.8. The first-order valence-electron chi connectivity index (χ1n) is 12.8. The zero-order valence-electron chi connectivity index (χ0n) is 22.1. The molecule has 4 rings (SSSR count). The van der Waals surface area contributed by atoms with Crippen LogP contribution in [-0.4, -0.2) is 23.0 Å². The van der Waals surface area contributed by atoms with Gasteiger partial charge in [0.25, 0.3) is 11.8 Å². The molecule has 4 aromatic rings. The van der Waals surface area contributed by atoms with E-state index in [1.165, 1.54) is 42.1 Å². The Labute approximate surface area is 247 Å². The van der Waals surface area contributed by atoms with Gasteiger partial charge in [0.1, 0.15) is 11.5 Å². The molecule has 0 spiro atoms. The Balaban J connectivity index is 1.49. The topological polar surface area (TPSA) is 87.3 Å². The van der Waals surface area contributed by atoms with Crippen molar-refractivity contribution in [3.05, 3.63) is 131 Å². The maximum Gasteiger partial charge on any atom is 0.272 e. The van der Waals surface area contributed by atoms with Crippen LogP contribution >= 0.6 is 23.4 Å². The fourth-order valence-electron chi connectivity index (χ4n) is 3.76. The van der Waals surface area contributed by atoms with E-state index in [4.69, 9.17) is 11.6 Å². The summed E-state index contributed by atoms with van der Waals surface area (Å²) < 4.78 is 13.4. The normalized spacial score (nSPS) is 11.8. The predicted octanol–water partition coefficient (Wildman–Crippen LogP) is 7.40. The molecule has 0 saturated carbocycles. The molecule has 9 heteroatoms. The summed E-state index contributed by atoms with van der Waals surface area (Å²) in [7, 11) is 0. The van der Waals surface area contributed by atoms with Gasteiger partial charge in [-0.15, -0.1) is 11.8 Å². The third-order valence-electron chi connectivity index (χ3n) is 5.86. The van der Waals surface area contributed by atoms with Crippen LogP contribution in [0.2, 0.25) is 5.02 Å². The molecule has 0 saturated heterocycles. The van der Waals surface area contributed by atoms with E-state index in [1.807, 2.05) is 13.0 Å². The zero-order chi connectivity index (χ0) is 29.2. The second kappa shape index (κ2) is 14.3. The lowest BCUT2D eigenvalue weighted by Crippen LogP contribution is -2.30. The maximum absolute atomic E-state index is 13.4. The number of carbonyl (C=O) groups is 3. The van der Waals surface area contributed by atoms with Gasteiger partial charge in [0.2, 0.25) is 5.91 Å². The first kappa shape index (κ1) is 29.6. The van der Waals surface area contributed by atoms with E-state index in [-0.39, 0.29) is 16.9 Å². The van der Waals surface area contributed by atoms with Crippen molar-refractivity contribution in [2.24, 2.45) is 0 Å². The molecule has 1 atom stereocenters. The van der Waals surface area contributed by atoms with Crippen LogP contribution in [0, 0.1) is 5.82 Å². The molecule has 0 fully saturated rings. The SMILES string of the molecule is CCC(Sc1cccc(NC(=O)/C(=C/c2ccc(F)cc2)NC(=O)c2ccccc2)c1)C(=O)Nc1ccc(Cl)cc1. The number of carbonyl (C=O) groups excluding carboxylic acids is 3. The van der Waals surface area contributed by atoms with Crippen LogP contribution in [0.3, 0.4) is 0 Å². The fourth-order valence-corrected chi connectivity index (χ4v) is 4.90. The number of hydrogen-bond donors (Lipinski definition) is 3. The molecule has 6 nitrogen and oxygen atoms in total. The van der Waals surface area contributed by atoms with Gasteiger partial charge >= 0.3 is 0 Å². The minimum absolute atomic E-state index is 0.0164. The Hall–Kier alpha value is -4.40. The Bertz CT molecular complexity index is 1540. The molecule has 1 unspecified atom stereocenters. The van der Waals surface area contributed by atoms with Gasteiger partial charge in [-0.25, -0.2) is 4.39 Å². The summed E-state index contributed by atoms with van der Waals surface area (Å²) in [5.74, 6) is -1.59. The highest BCUT2D eigenvalue weighted by molar-refractivity contribution is 8.00. The van der Waals surface area contributed by atoms with Crippen molar-refractivity contribution in [1.29, 1.82) is 0 Å². The molecule has 41 heavy (non-hydrogen) atoms. The summed E-state index contributed by atoms with van der Waals surface area (Å²) in [5.41, 5.74) is 2.03. The highest BCUT2D eigenvalue weighted by Crippen LogP contribution is 2.29. The molecule has 0 aliphatic rings. The Morgan fingerprint density at radius 2 is 1.56 bits per heavy atom. The molecule has 0 radical (unpaired) electrons. The van der Waals surface area contributed by atoms with E-state index < -0.39 is 17.6 Å². The third-order valence-corrected chi connectivity index (χ3v) is 7.47. The Morgan fingerprint density at radius 3 is 2.24 bits per heavy atom. The van der Waals surface area contributed by atoms with Crippen molar-refractivity contribution in [1.82, 2.24) is 5.32 Å². The molecular weight excluding hydrogens is 561 g/mol. The Morgan fingerprint density at radius 1 is 0.854 bits per heavy atom. The standard InChI is InChI=1S/C32H27ClFN3O3S/c1-2-29(32(40)35-25-17-13-23(33)14-18-25)41-27-10-6-9-26(20-27)36-31(39)28(19-21-11-15-24(34)16-12-21)37-30(38)22-7-4-3-5-8-22/h3-20,29H,2H2,1H3,(H,35,40)(H,36,39)(H,37,38)/b28-19-. The van der Waals surface area contributed by atoms with E-state index in [2.05, 4.69) is 16.0 Å². The van der Waals surface area contributed by atoms with Gasteiger partial charge in [0.05, 0.1) is 5.25 Å². The second-order valence-electron chi connectivity index (χ2n) is 8.92. The molecule has 0 bridgehead atoms. The number of rotatable bonds is 10. The number of amides is 3. The van der Waals surface area contributed by atoms with Crippen LogP contribution in [0.25, 0.3) is 6.08 Å². The average molecular weight is 588 g/mol. The lowest BCUT2D eigenvalue weighted by molar-refractivity contribution is -0.116. The third kappa shape index (κ3) is 8.79. The van der Waals surface area contributed by atoms with Crippen LogP contribution in [0.5, 0.6) is 0 Å². The summed E-state index contributed by atoms with van der Waals surface area (Å²) in [5, 5.41) is 8.58. The van der Waals surface area contributed by atoms with Crippen LogP contribution in [-0.2, 0) is 9.59 Å². The zero-order valence-corrected chi connectivity index (χ0v) is 23.6. The van der Waals surface area contributed by atoms with Gasteiger partial charge in [-0.05, 0) is 84.8 Å². The van der Waals surface area contributed by atoms with Crippen molar-refractivity contribution in [2.45, 2.75) is 23.5 Å². The first-order valence-corrected chi connectivity index (χ1v) is 14.0. The van der Waals surface area contributed by atoms with E-state index in [0.717, 1.165) is 4.90 Å². The maximum atomic E-state index is 13.4. The van der Waals surface area contributed by atoms with Crippen LogP contribution in [0.15, 0.2) is 114 Å². The number of halogens is 2. The summed E-state index contributed by atoms with van der Waals surface area (Å²) in [6.45, 7) is 1.92. The highest BCUT2D eigenvalue weighted by atomic mass is 35.5. The first-order chi connectivity index (χ1) is 19.8. The van der Waals surface area contributed by atoms with Crippen LogP contribution < -0.4 is 16.0 Å². The smallest absolute Gasteiger partial charge is 0.272 e. The van der Waals surface area contributed by atoms with Crippen molar-refractivity contribution in [2.75, 3.05) is 10.6 Å². The molecule has 3 N–H and O–H groups in total. The lowest BCUT2D eigenvalue weighted by Gasteiger charge is -2.16. The molecule has 0 aliphatic carbocycles. The van der Waals surface area contributed by atoms with E-state index in [1.54, 1.807) is 72.8 Å². The van der Waals surface area contributed by atoms with Crippen molar-refractivity contribution >= 4 is 58.5 Å². The van der Waals surface area contributed by atoms with Crippen LogP contribution in [0.1, 0.15) is 29.3 Å². The predicted molar refractivity (Wildman–Crippen MR) is 163 cm³/mol. The Kier molecular flexibility index (Phi) is 10.3. The largest absolute Gasteiger partial charge is 0.325 e. The quantitative estimate of drug-likeness (QED) is 0.133. The second-order valence-corrected chi connectivity index (χ2v) is 10.6. The fraction of sp³-hybridized carbons (Fsp3) is 0.0938. The van der Waals surface area contributed by atoms with E-state index >= 15 is 0 Å². The minimum atomic E-state index is -0.562. The lowest BCUT2D eigenvalue weighted by atomic mass is 10.1. The number of hydrogen-bond acceptors (Lipinski definition) is 4. The van der Waals surface area contributed by atoms with E-state index in [9.17, 15) is 18.8 Å². The summed E-state index contributed by atoms with van der Waals surface area (Å²) in [6.07, 6.45) is 2.05. The summed E-state index contributed by atoms with van der Waals surface area (Å²) >= 11 is 7.30. The molecule has 0 heterocycles. The van der Waals surface area contributed by atoms with Gasteiger partial charge in [-0.3, -0.25) is 14.4 Å². The molecular formula is C32H27ClFN3O3S. The number of thioether (sulfide) groups is 1. The number of nitrogens with one attached hydrogen (secondary N) is 3. The summed E-state index contributed by atoms with van der Waals surface area (Å²) in [6, 6.07) is 28.0. The molecule has 0 aromatic heterocycles. The number of anilines is 2. The monoisotopic (exact) mass is 587 g/mol. The average Bonchev–Trinajstić information content (AvgIpc) is 2.98. The van der Waals surface area contributed by atoms with Gasteiger partial charge < -0.3 is 16.0 Å². The van der Waals surface area contributed by atoms with Crippen molar-refractivity contribution in [3.63, 3.8) is 0 Å². The highest BCUT2D eigenvalue weighted by Gasteiger charge is 2.19. The van der Waals surface area contributed by atoms with Gasteiger partial charge in [0.15, 0.2) is 0 Å². The molecule has 0 aliphatic heterocycles. The van der Waals surface area contributed by atoms with Crippen molar-refractivity contribution < 1.29 is 18.8 Å². The van der Waals surface area contributed by atoms with Crippen molar-refractivity contribution in [3.8, 4) is 0 Å². The molecule has 4 aromatic carbocycles. The van der Waals surface area contributed by atoms with E-state index in [0.29, 0.717) is 33.9 Å². The van der Waals surface area contributed by atoms with Crippen LogP contribution in [0.4, 0.5) is 15.8 Å². The van der Waals surface area contributed by atoms with Gasteiger partial charge in [-0.1, -0.05) is 54.9 Å². The van der Waals surface area contributed by atoms with Gasteiger partial charge in [-0.2, -0.15) is 0 Å². The molecule has 3 amide bonds. The van der Waals surface area contributed by atoms with Gasteiger partial charge in [0, 0.05) is 26.9 Å². The number of benzene rings is 4. The minimum Gasteiger partial charge on any atom is -0.325 e. The molecule has 208 valence electrons.